The Balaban J connectivity index is 1.64. The average Bonchev–Trinajstić information content (AvgIpc) is 3.50. The summed E-state index contributed by atoms with van der Waals surface area (Å²) >= 11 is 1.23. The van der Waals surface area contributed by atoms with Crippen LogP contribution in [0.15, 0.2) is 34.9 Å². The molecule has 2 aromatic heterocycles. The minimum atomic E-state index is 0.184. The van der Waals surface area contributed by atoms with Crippen LogP contribution in [0.2, 0.25) is 0 Å². The summed E-state index contributed by atoms with van der Waals surface area (Å²) in [5, 5.41) is 10.3. The number of hydrogen-bond acceptors (Lipinski definition) is 12. The van der Waals surface area contributed by atoms with Crippen LogP contribution in [0, 0.1) is 0 Å². The van der Waals surface area contributed by atoms with Gasteiger partial charge in [0, 0.05) is 23.5 Å². The van der Waals surface area contributed by atoms with Crippen molar-refractivity contribution in [2.45, 2.75) is 0 Å². The van der Waals surface area contributed by atoms with Crippen LogP contribution < -0.4 is 35.3 Å². The van der Waals surface area contributed by atoms with E-state index in [2.05, 4.69) is 25.8 Å². The predicted molar refractivity (Wildman–Crippen MR) is 131 cm³/mol. The van der Waals surface area contributed by atoms with Crippen LogP contribution in [-0.4, -0.2) is 50.0 Å². The number of carbonyl (C=O) groups excluding carboxylic acids is 1. The van der Waals surface area contributed by atoms with E-state index in [0.29, 0.717) is 56.4 Å². The largest absolute Gasteiger partial charge is 0.496 e. The fourth-order valence-corrected chi connectivity index (χ4v) is 4.11. The maximum atomic E-state index is 10.8. The Hall–Kier alpha value is -4.52. The summed E-state index contributed by atoms with van der Waals surface area (Å²) in [5.41, 5.74) is 7.88. The summed E-state index contributed by atoms with van der Waals surface area (Å²) < 4.78 is 27.0. The topological polar surface area (TPSA) is 156 Å². The molecule has 2 heterocycles. The number of rotatable bonds is 10. The second-order valence-corrected chi connectivity index (χ2v) is 7.87. The molecule has 0 atom stereocenters. The lowest BCUT2D eigenvalue weighted by atomic mass is 10.1. The number of ether oxygens (including phenoxy) is 4. The van der Waals surface area contributed by atoms with E-state index < -0.39 is 0 Å². The molecular weight excluding hydrogens is 476 g/mol. The number of anilines is 4. The molecule has 0 unspecified atom stereocenters. The van der Waals surface area contributed by atoms with Gasteiger partial charge in [-0.2, -0.15) is 4.98 Å². The number of benzene rings is 2. The van der Waals surface area contributed by atoms with Crippen molar-refractivity contribution in [1.29, 1.82) is 0 Å². The zero-order valence-electron chi connectivity index (χ0n) is 19.2. The predicted octanol–water partition coefficient (Wildman–Crippen LogP) is 3.79. The molecule has 0 aliphatic rings. The van der Waals surface area contributed by atoms with Gasteiger partial charge < -0.3 is 39.8 Å². The Morgan fingerprint density at radius 3 is 2.29 bits per heavy atom. The van der Waals surface area contributed by atoms with Gasteiger partial charge in [-0.25, -0.2) is 4.98 Å². The first-order valence-electron chi connectivity index (χ1n) is 10.1. The smallest absolute Gasteiger partial charge is 0.272 e. The second-order valence-electron chi connectivity index (χ2n) is 6.87. The van der Waals surface area contributed by atoms with Crippen molar-refractivity contribution in [1.82, 2.24) is 15.1 Å². The number of methoxy groups -OCH3 is 4. The SMILES string of the molecule is COc1ccc(NC=O)cc1-c1noc(-c2sc(Nc3cc(OC)c(OC)c(OC)c3)nc2N)n1. The maximum absolute atomic E-state index is 10.8. The fourth-order valence-electron chi connectivity index (χ4n) is 3.28. The van der Waals surface area contributed by atoms with Crippen molar-refractivity contribution in [3.63, 3.8) is 0 Å². The van der Waals surface area contributed by atoms with E-state index >= 15 is 0 Å². The summed E-state index contributed by atoms with van der Waals surface area (Å²) in [6.45, 7) is 0. The summed E-state index contributed by atoms with van der Waals surface area (Å²) in [6.07, 6.45) is 0.577. The molecule has 12 nitrogen and oxygen atoms in total. The van der Waals surface area contributed by atoms with Gasteiger partial charge >= 0.3 is 0 Å². The Kier molecular flexibility index (Phi) is 6.87. The number of hydrogen-bond donors (Lipinski definition) is 3. The monoisotopic (exact) mass is 498 g/mol. The van der Waals surface area contributed by atoms with E-state index in [1.54, 1.807) is 30.3 Å². The van der Waals surface area contributed by atoms with Crippen molar-refractivity contribution in [2.75, 3.05) is 44.8 Å². The van der Waals surface area contributed by atoms with Gasteiger partial charge in [-0.05, 0) is 18.2 Å². The third kappa shape index (κ3) is 4.75. The molecule has 4 aromatic rings. The van der Waals surface area contributed by atoms with Gasteiger partial charge in [0.1, 0.15) is 16.4 Å². The Morgan fingerprint density at radius 1 is 0.943 bits per heavy atom. The van der Waals surface area contributed by atoms with Crippen LogP contribution in [-0.2, 0) is 4.79 Å². The third-order valence-corrected chi connectivity index (χ3v) is 5.83. The van der Waals surface area contributed by atoms with E-state index in [1.165, 1.54) is 39.8 Å². The molecule has 4 N–H and O–H groups in total. The molecule has 182 valence electrons. The molecule has 2 aromatic carbocycles. The minimum Gasteiger partial charge on any atom is -0.496 e. The van der Waals surface area contributed by atoms with Gasteiger partial charge in [0.25, 0.3) is 5.89 Å². The Labute approximate surface area is 204 Å². The number of thiazole rings is 1. The summed E-state index contributed by atoms with van der Waals surface area (Å²) in [4.78, 5) is 20.1. The molecule has 0 fully saturated rings. The third-order valence-electron chi connectivity index (χ3n) is 4.86. The molecule has 0 radical (unpaired) electrons. The molecule has 0 spiro atoms. The number of nitrogens with two attached hydrogens (primary N) is 1. The minimum absolute atomic E-state index is 0.184. The number of nitrogens with zero attached hydrogens (tertiary/aromatic N) is 3. The van der Waals surface area contributed by atoms with Gasteiger partial charge in [0.2, 0.25) is 18.0 Å². The van der Waals surface area contributed by atoms with Crippen molar-refractivity contribution in [3.8, 4) is 45.2 Å². The molecule has 35 heavy (non-hydrogen) atoms. The molecule has 1 amide bonds. The molecule has 0 saturated carbocycles. The summed E-state index contributed by atoms with van der Waals surface area (Å²) in [5.74, 6) is 2.62. The van der Waals surface area contributed by atoms with Crippen molar-refractivity contribution < 1.29 is 28.3 Å². The molecule has 4 rings (SSSR count). The first-order chi connectivity index (χ1) is 17.0. The van der Waals surface area contributed by atoms with Gasteiger partial charge in [0.15, 0.2) is 16.6 Å². The zero-order chi connectivity index (χ0) is 24.9. The first kappa shape index (κ1) is 23.6. The van der Waals surface area contributed by atoms with Crippen LogP contribution in [0.3, 0.4) is 0 Å². The average molecular weight is 499 g/mol. The van der Waals surface area contributed by atoms with Crippen LogP contribution in [0.5, 0.6) is 23.0 Å². The van der Waals surface area contributed by atoms with Crippen LogP contribution in [0.1, 0.15) is 0 Å². The summed E-state index contributed by atoms with van der Waals surface area (Å²) in [6, 6.07) is 8.55. The van der Waals surface area contributed by atoms with E-state index in [-0.39, 0.29) is 17.5 Å². The van der Waals surface area contributed by atoms with Gasteiger partial charge in [0.05, 0.1) is 34.0 Å². The highest BCUT2D eigenvalue weighted by Crippen LogP contribution is 2.42. The van der Waals surface area contributed by atoms with Crippen LogP contribution >= 0.6 is 11.3 Å². The van der Waals surface area contributed by atoms with Crippen molar-refractivity contribution >= 4 is 40.1 Å². The Morgan fingerprint density at radius 2 is 1.66 bits per heavy atom. The number of carbonyl (C=O) groups is 1. The highest BCUT2D eigenvalue weighted by Gasteiger charge is 2.21. The van der Waals surface area contributed by atoms with E-state index in [1.807, 2.05) is 0 Å². The van der Waals surface area contributed by atoms with Crippen LogP contribution in [0.4, 0.5) is 22.3 Å². The molecular formula is C22H22N6O6S. The summed E-state index contributed by atoms with van der Waals surface area (Å²) in [7, 11) is 6.13. The van der Waals surface area contributed by atoms with Crippen molar-refractivity contribution in [2.24, 2.45) is 0 Å². The zero-order valence-corrected chi connectivity index (χ0v) is 20.1. The number of nitrogens with one attached hydrogen (secondary N) is 2. The van der Waals surface area contributed by atoms with E-state index in [9.17, 15) is 4.79 Å². The number of nitrogen functional groups attached to an aromatic ring is 1. The Bertz CT molecular complexity index is 1330. The number of amides is 1. The lowest BCUT2D eigenvalue weighted by molar-refractivity contribution is -0.105. The molecule has 0 aliphatic heterocycles. The highest BCUT2D eigenvalue weighted by molar-refractivity contribution is 7.19. The standard InChI is InChI=1S/C22H22N6O6S/c1-30-14-6-5-11(24-10-29)7-13(14)20-27-21(34-28-20)18-19(23)26-22(35-18)25-12-8-15(31-2)17(33-4)16(9-12)32-3/h5-10H,23H2,1-4H3,(H,24,29)(H,25,26). The lowest BCUT2D eigenvalue weighted by Gasteiger charge is -2.14. The highest BCUT2D eigenvalue weighted by atomic mass is 32.1. The fraction of sp³-hybridized carbons (Fsp3) is 0.182. The molecule has 0 aliphatic carbocycles. The van der Waals surface area contributed by atoms with Crippen LogP contribution in [0.25, 0.3) is 22.2 Å². The van der Waals surface area contributed by atoms with E-state index in [4.69, 9.17) is 29.2 Å². The second kappa shape index (κ2) is 10.2. The van der Waals surface area contributed by atoms with Crippen molar-refractivity contribution in [3.05, 3.63) is 30.3 Å². The van der Waals surface area contributed by atoms with Gasteiger partial charge in [-0.1, -0.05) is 16.5 Å². The van der Waals surface area contributed by atoms with Gasteiger partial charge in [-0.3, -0.25) is 4.79 Å². The molecule has 0 saturated heterocycles. The lowest BCUT2D eigenvalue weighted by Crippen LogP contribution is -1.97. The molecule has 13 heteroatoms. The normalized spacial score (nSPS) is 10.5. The maximum Gasteiger partial charge on any atom is 0.272 e. The van der Waals surface area contributed by atoms with Gasteiger partial charge in [-0.15, -0.1) is 0 Å². The first-order valence-corrected chi connectivity index (χ1v) is 10.9. The number of aromatic nitrogens is 3. The quantitative estimate of drug-likeness (QED) is 0.273. The van der Waals surface area contributed by atoms with E-state index in [0.717, 1.165) is 0 Å². The molecule has 0 bridgehead atoms.